The molecule has 1 fully saturated rings. The molecular formula is C24H24F2N4O3. The number of amides is 2. The fourth-order valence-electron chi connectivity index (χ4n) is 3.93. The monoisotopic (exact) mass is 454 g/mol. The van der Waals surface area contributed by atoms with Gasteiger partial charge in [-0.2, -0.15) is 5.10 Å². The lowest BCUT2D eigenvalue weighted by molar-refractivity contribution is -0.132. The Hall–Kier alpha value is -3.75. The lowest BCUT2D eigenvalue weighted by Crippen LogP contribution is -2.40. The molecule has 3 aromatic rings. The molecule has 0 saturated carbocycles. The van der Waals surface area contributed by atoms with Crippen LogP contribution in [0.3, 0.4) is 0 Å². The molecule has 172 valence electrons. The topological polar surface area (TPSA) is 87.3 Å². The van der Waals surface area contributed by atoms with E-state index in [1.165, 1.54) is 38.3 Å². The molecule has 9 heteroatoms. The average Bonchev–Trinajstić information content (AvgIpc) is 3.19. The highest BCUT2D eigenvalue weighted by Gasteiger charge is 2.26. The van der Waals surface area contributed by atoms with E-state index in [1.807, 2.05) is 0 Å². The number of methoxy groups -OCH3 is 1. The number of nitrogens with zero attached hydrogens (tertiary/aromatic N) is 2. The van der Waals surface area contributed by atoms with E-state index in [0.717, 1.165) is 0 Å². The van der Waals surface area contributed by atoms with Crippen molar-refractivity contribution >= 4 is 40.6 Å². The Morgan fingerprint density at radius 2 is 1.91 bits per heavy atom. The zero-order valence-electron chi connectivity index (χ0n) is 18.3. The predicted octanol–water partition coefficient (Wildman–Crippen LogP) is 4.22. The largest absolute Gasteiger partial charge is 0.494 e. The van der Waals surface area contributed by atoms with E-state index in [1.54, 1.807) is 23.1 Å². The number of aromatic nitrogens is 2. The number of hydrogen-bond donors (Lipinski definition) is 2. The molecule has 1 saturated heterocycles. The Morgan fingerprint density at radius 3 is 2.58 bits per heavy atom. The summed E-state index contributed by atoms with van der Waals surface area (Å²) in [6.45, 7) is 2.53. The number of halogens is 2. The molecule has 0 radical (unpaired) electrons. The van der Waals surface area contributed by atoms with Crippen molar-refractivity contribution in [1.29, 1.82) is 0 Å². The number of hydrogen-bond acceptors (Lipinski definition) is 4. The van der Waals surface area contributed by atoms with Crippen LogP contribution in [0.1, 0.15) is 31.0 Å². The molecule has 2 N–H and O–H groups in total. The number of ether oxygens (including phenoxy) is 1. The Morgan fingerprint density at radius 1 is 1.15 bits per heavy atom. The van der Waals surface area contributed by atoms with Gasteiger partial charge in [0.2, 0.25) is 11.8 Å². The van der Waals surface area contributed by atoms with Gasteiger partial charge in [-0.05, 0) is 42.7 Å². The van der Waals surface area contributed by atoms with E-state index in [2.05, 4.69) is 15.5 Å². The Labute approximate surface area is 189 Å². The summed E-state index contributed by atoms with van der Waals surface area (Å²) in [6.07, 6.45) is 4.43. The average molecular weight is 454 g/mol. The molecule has 33 heavy (non-hydrogen) atoms. The highest BCUT2D eigenvalue weighted by atomic mass is 19.1. The number of anilines is 1. The highest BCUT2D eigenvalue weighted by Crippen LogP contribution is 2.27. The number of piperidine rings is 1. The van der Waals surface area contributed by atoms with E-state index in [9.17, 15) is 18.4 Å². The summed E-state index contributed by atoms with van der Waals surface area (Å²) in [5.41, 5.74) is 1.66. The number of carbonyl (C=O) groups excluding carboxylic acids is 2. The first-order chi connectivity index (χ1) is 15.9. The second-order valence-corrected chi connectivity index (χ2v) is 7.98. The molecule has 0 spiro atoms. The number of nitrogens with one attached hydrogen (secondary N) is 2. The third kappa shape index (κ3) is 4.87. The number of likely N-dealkylation sites (tertiary alicyclic amines) is 1. The van der Waals surface area contributed by atoms with E-state index >= 15 is 0 Å². The van der Waals surface area contributed by atoms with Gasteiger partial charge in [-0.3, -0.25) is 14.7 Å². The normalized spacial score (nSPS) is 14.7. The van der Waals surface area contributed by atoms with Crippen molar-refractivity contribution in [1.82, 2.24) is 15.1 Å². The zero-order chi connectivity index (χ0) is 23.5. The van der Waals surface area contributed by atoms with Gasteiger partial charge < -0.3 is 15.0 Å². The van der Waals surface area contributed by atoms with Crippen molar-refractivity contribution in [2.45, 2.75) is 19.8 Å². The van der Waals surface area contributed by atoms with Gasteiger partial charge in [0, 0.05) is 37.4 Å². The quantitative estimate of drug-likeness (QED) is 0.605. The number of carbonyl (C=O) groups is 2. The third-order valence-corrected chi connectivity index (χ3v) is 5.86. The molecule has 0 bridgehead atoms. The zero-order valence-corrected chi connectivity index (χ0v) is 18.3. The molecule has 4 rings (SSSR count). The van der Waals surface area contributed by atoms with Gasteiger partial charge in [0.05, 0.1) is 24.0 Å². The van der Waals surface area contributed by atoms with Gasteiger partial charge in [-0.15, -0.1) is 0 Å². The predicted molar refractivity (Wildman–Crippen MR) is 122 cm³/mol. The molecule has 7 nitrogen and oxygen atoms in total. The van der Waals surface area contributed by atoms with Crippen LogP contribution in [0.25, 0.3) is 23.1 Å². The van der Waals surface area contributed by atoms with Crippen LogP contribution in [0.5, 0.6) is 5.75 Å². The number of benzene rings is 2. The standard InChI is InChI=1S/C24H24F2N4O3/c1-14(31)30-9-7-16(8-10-30)24(32)27-22-12-17-20(28-29-21(17)13-18(22)25)5-3-15-4-6-23(33-2)19(26)11-15/h3-6,11-13,16H,7-10H2,1-2H3,(H,27,32)(H,28,29)/b5-3+. The minimum Gasteiger partial charge on any atom is -0.494 e. The van der Waals surface area contributed by atoms with Crippen LogP contribution < -0.4 is 10.1 Å². The smallest absolute Gasteiger partial charge is 0.227 e. The molecule has 2 heterocycles. The van der Waals surface area contributed by atoms with Crippen LogP contribution in [0.2, 0.25) is 0 Å². The van der Waals surface area contributed by atoms with Gasteiger partial charge in [-0.25, -0.2) is 8.78 Å². The molecule has 2 aromatic carbocycles. The summed E-state index contributed by atoms with van der Waals surface area (Å²) in [5.74, 6) is -1.47. The summed E-state index contributed by atoms with van der Waals surface area (Å²) in [5, 5.41) is 10.3. The molecule has 0 unspecified atom stereocenters. The second-order valence-electron chi connectivity index (χ2n) is 7.98. The maximum Gasteiger partial charge on any atom is 0.227 e. The van der Waals surface area contributed by atoms with E-state index in [-0.39, 0.29) is 29.2 Å². The number of H-pyrrole nitrogens is 1. The van der Waals surface area contributed by atoms with Crippen molar-refractivity contribution in [3.05, 3.63) is 53.2 Å². The SMILES string of the molecule is COc1ccc(/C=C/c2n[nH]c3cc(F)c(NC(=O)C4CCN(C(C)=O)CC4)cc23)cc1F. The first-order valence-corrected chi connectivity index (χ1v) is 10.6. The van der Waals surface area contributed by atoms with Crippen LogP contribution in [0.4, 0.5) is 14.5 Å². The molecule has 2 amide bonds. The van der Waals surface area contributed by atoms with Crippen LogP contribution >= 0.6 is 0 Å². The van der Waals surface area contributed by atoms with Gasteiger partial charge in [-0.1, -0.05) is 12.1 Å². The van der Waals surface area contributed by atoms with E-state index < -0.39 is 11.6 Å². The summed E-state index contributed by atoms with van der Waals surface area (Å²) < 4.78 is 33.4. The Kier molecular flexibility index (Phi) is 6.39. The van der Waals surface area contributed by atoms with Gasteiger partial charge in [0.25, 0.3) is 0 Å². The molecule has 1 aromatic heterocycles. The van der Waals surface area contributed by atoms with Crippen molar-refractivity contribution in [2.75, 3.05) is 25.5 Å². The summed E-state index contributed by atoms with van der Waals surface area (Å²) >= 11 is 0. The van der Waals surface area contributed by atoms with Crippen LogP contribution in [-0.4, -0.2) is 47.1 Å². The maximum atomic E-state index is 14.6. The molecule has 1 aliphatic heterocycles. The van der Waals surface area contributed by atoms with Crippen LogP contribution in [0.15, 0.2) is 30.3 Å². The maximum absolute atomic E-state index is 14.6. The van der Waals surface area contributed by atoms with Crippen molar-refractivity contribution in [2.24, 2.45) is 5.92 Å². The number of rotatable bonds is 5. The number of aromatic amines is 1. The molecule has 1 aliphatic rings. The fraction of sp³-hybridized carbons (Fsp3) is 0.292. The first-order valence-electron chi connectivity index (χ1n) is 10.6. The minimum absolute atomic E-state index is 0.0109. The van der Waals surface area contributed by atoms with Gasteiger partial charge in [0.15, 0.2) is 11.6 Å². The molecule has 0 atom stereocenters. The summed E-state index contributed by atoms with van der Waals surface area (Å²) in [6, 6.07) is 7.39. The third-order valence-electron chi connectivity index (χ3n) is 5.86. The lowest BCUT2D eigenvalue weighted by atomic mass is 9.95. The summed E-state index contributed by atoms with van der Waals surface area (Å²) in [7, 11) is 1.40. The Balaban J connectivity index is 1.52. The highest BCUT2D eigenvalue weighted by molar-refractivity contribution is 5.97. The molecular weight excluding hydrogens is 430 g/mol. The lowest BCUT2D eigenvalue weighted by Gasteiger charge is -2.30. The van der Waals surface area contributed by atoms with Crippen molar-refractivity contribution < 1.29 is 23.1 Å². The minimum atomic E-state index is -0.576. The van der Waals surface area contributed by atoms with Crippen molar-refractivity contribution in [3.8, 4) is 5.75 Å². The molecule has 0 aliphatic carbocycles. The van der Waals surface area contributed by atoms with Gasteiger partial charge >= 0.3 is 0 Å². The van der Waals surface area contributed by atoms with Gasteiger partial charge in [0.1, 0.15) is 5.82 Å². The van der Waals surface area contributed by atoms with Crippen LogP contribution in [-0.2, 0) is 9.59 Å². The van der Waals surface area contributed by atoms with E-state index in [4.69, 9.17) is 4.74 Å². The fourth-order valence-corrected chi connectivity index (χ4v) is 3.93. The first kappa shape index (κ1) is 22.4. The number of fused-ring (bicyclic) bond motifs is 1. The van der Waals surface area contributed by atoms with Crippen molar-refractivity contribution in [3.63, 3.8) is 0 Å². The second kappa shape index (κ2) is 9.40. The van der Waals surface area contributed by atoms with E-state index in [0.29, 0.717) is 48.1 Å². The summed E-state index contributed by atoms with van der Waals surface area (Å²) in [4.78, 5) is 25.9. The Bertz CT molecular complexity index is 1230. The van der Waals surface area contributed by atoms with Crippen LogP contribution in [0, 0.1) is 17.6 Å².